The molecular formula is C12H21N3O. The van der Waals surface area contributed by atoms with Crippen molar-refractivity contribution in [2.75, 3.05) is 6.61 Å². The van der Waals surface area contributed by atoms with Gasteiger partial charge in [-0.25, -0.2) is 4.98 Å². The molecule has 1 aromatic heterocycles. The van der Waals surface area contributed by atoms with Gasteiger partial charge < -0.3 is 15.0 Å². The summed E-state index contributed by atoms with van der Waals surface area (Å²) in [6.45, 7) is 3.73. The molecule has 4 nitrogen and oxygen atoms in total. The van der Waals surface area contributed by atoms with Crippen molar-refractivity contribution in [2.24, 2.45) is 5.73 Å². The van der Waals surface area contributed by atoms with Crippen LogP contribution in [0.1, 0.15) is 31.4 Å². The van der Waals surface area contributed by atoms with Gasteiger partial charge in [-0.3, -0.25) is 0 Å². The van der Waals surface area contributed by atoms with Gasteiger partial charge in [0.1, 0.15) is 0 Å². The minimum Gasteiger partial charge on any atom is -0.376 e. The molecule has 4 heteroatoms. The lowest BCUT2D eigenvalue weighted by Gasteiger charge is -2.26. The smallest absolute Gasteiger partial charge is 0.0948 e. The highest BCUT2D eigenvalue weighted by Crippen LogP contribution is 2.19. The Bertz CT molecular complexity index is 316. The van der Waals surface area contributed by atoms with Crippen molar-refractivity contribution in [2.45, 2.75) is 51.3 Å². The Labute approximate surface area is 96.8 Å². The average Bonchev–Trinajstić information content (AvgIpc) is 2.68. The standard InChI is InChI=1S/C12H21N3O/c1-10-8-14-9-15(10)6-7-16-12-4-2-11(13)3-5-12/h8-9,11-12H,2-7,13H2,1H3. The maximum atomic E-state index is 5.86. The van der Waals surface area contributed by atoms with E-state index in [1.54, 1.807) is 0 Å². The molecule has 1 fully saturated rings. The topological polar surface area (TPSA) is 53.1 Å². The lowest BCUT2D eigenvalue weighted by atomic mass is 9.94. The van der Waals surface area contributed by atoms with Gasteiger partial charge in [-0.1, -0.05) is 0 Å². The van der Waals surface area contributed by atoms with E-state index in [2.05, 4.69) is 16.5 Å². The summed E-state index contributed by atoms with van der Waals surface area (Å²) in [6, 6.07) is 0.399. The minimum absolute atomic E-state index is 0.399. The highest BCUT2D eigenvalue weighted by atomic mass is 16.5. The quantitative estimate of drug-likeness (QED) is 0.841. The van der Waals surface area contributed by atoms with Crippen LogP contribution in [0, 0.1) is 6.92 Å². The van der Waals surface area contributed by atoms with Crippen LogP contribution in [0.5, 0.6) is 0 Å². The van der Waals surface area contributed by atoms with Crippen LogP contribution in [0.2, 0.25) is 0 Å². The largest absolute Gasteiger partial charge is 0.376 e. The van der Waals surface area contributed by atoms with Crippen molar-refractivity contribution in [1.29, 1.82) is 0 Å². The van der Waals surface area contributed by atoms with Crippen LogP contribution in [0.25, 0.3) is 0 Å². The van der Waals surface area contributed by atoms with E-state index >= 15 is 0 Å². The number of hydrogen-bond donors (Lipinski definition) is 1. The Morgan fingerprint density at radius 2 is 2.19 bits per heavy atom. The van der Waals surface area contributed by atoms with Crippen molar-refractivity contribution in [3.05, 3.63) is 18.2 Å². The van der Waals surface area contributed by atoms with Gasteiger partial charge in [-0.05, 0) is 32.6 Å². The molecule has 1 saturated carbocycles. The van der Waals surface area contributed by atoms with Gasteiger partial charge in [0.2, 0.25) is 0 Å². The van der Waals surface area contributed by atoms with Crippen molar-refractivity contribution in [1.82, 2.24) is 9.55 Å². The fourth-order valence-corrected chi connectivity index (χ4v) is 2.19. The summed E-state index contributed by atoms with van der Waals surface area (Å²) in [5.41, 5.74) is 7.04. The van der Waals surface area contributed by atoms with Gasteiger partial charge >= 0.3 is 0 Å². The summed E-state index contributed by atoms with van der Waals surface area (Å²) in [4.78, 5) is 4.09. The Kier molecular flexibility index (Phi) is 3.96. The summed E-state index contributed by atoms with van der Waals surface area (Å²) in [5.74, 6) is 0. The number of rotatable bonds is 4. The highest BCUT2D eigenvalue weighted by molar-refractivity contribution is 4.93. The van der Waals surface area contributed by atoms with E-state index in [-0.39, 0.29) is 0 Å². The molecule has 1 aliphatic carbocycles. The van der Waals surface area contributed by atoms with Gasteiger partial charge in [-0.2, -0.15) is 0 Å². The maximum Gasteiger partial charge on any atom is 0.0948 e. The Morgan fingerprint density at radius 1 is 1.44 bits per heavy atom. The first-order valence-electron chi connectivity index (χ1n) is 6.09. The van der Waals surface area contributed by atoms with Crippen molar-refractivity contribution >= 4 is 0 Å². The third-order valence-corrected chi connectivity index (χ3v) is 3.33. The lowest BCUT2D eigenvalue weighted by Crippen LogP contribution is -2.30. The summed E-state index contributed by atoms with van der Waals surface area (Å²) < 4.78 is 7.98. The van der Waals surface area contributed by atoms with Crippen LogP contribution in [0.4, 0.5) is 0 Å². The molecule has 1 aliphatic rings. The predicted octanol–water partition coefficient (Wildman–Crippen LogP) is 1.48. The highest BCUT2D eigenvalue weighted by Gasteiger charge is 2.18. The zero-order chi connectivity index (χ0) is 11.4. The van der Waals surface area contributed by atoms with Crippen LogP contribution < -0.4 is 5.73 Å². The first-order chi connectivity index (χ1) is 7.75. The number of aryl methyl sites for hydroxylation is 1. The summed E-state index contributed by atoms with van der Waals surface area (Å²) in [7, 11) is 0. The van der Waals surface area contributed by atoms with E-state index in [1.807, 2.05) is 12.5 Å². The zero-order valence-corrected chi connectivity index (χ0v) is 9.93. The van der Waals surface area contributed by atoms with E-state index in [1.165, 1.54) is 5.69 Å². The SMILES string of the molecule is Cc1cncn1CCOC1CCC(N)CC1. The van der Waals surface area contributed by atoms with Crippen LogP contribution in [-0.4, -0.2) is 28.3 Å². The zero-order valence-electron chi connectivity index (χ0n) is 9.93. The molecule has 1 aromatic rings. The molecule has 90 valence electrons. The van der Waals surface area contributed by atoms with Gasteiger partial charge in [0.05, 0.1) is 19.0 Å². The molecule has 0 radical (unpaired) electrons. The summed E-state index contributed by atoms with van der Waals surface area (Å²) in [6.07, 6.45) is 8.59. The van der Waals surface area contributed by atoms with Gasteiger partial charge in [0, 0.05) is 24.5 Å². The number of aromatic nitrogens is 2. The second-order valence-corrected chi connectivity index (χ2v) is 4.64. The molecular weight excluding hydrogens is 202 g/mol. The summed E-state index contributed by atoms with van der Waals surface area (Å²) >= 11 is 0. The molecule has 0 aliphatic heterocycles. The van der Waals surface area contributed by atoms with Crippen LogP contribution in [-0.2, 0) is 11.3 Å². The Balaban J connectivity index is 1.67. The molecule has 2 rings (SSSR count). The monoisotopic (exact) mass is 223 g/mol. The Morgan fingerprint density at radius 3 is 2.81 bits per heavy atom. The third kappa shape index (κ3) is 3.06. The molecule has 0 aromatic carbocycles. The molecule has 0 saturated heterocycles. The van der Waals surface area contributed by atoms with E-state index in [9.17, 15) is 0 Å². The molecule has 0 spiro atoms. The summed E-state index contributed by atoms with van der Waals surface area (Å²) in [5, 5.41) is 0. The van der Waals surface area contributed by atoms with Crippen LogP contribution in [0.15, 0.2) is 12.5 Å². The number of imidazole rings is 1. The normalized spacial score (nSPS) is 25.9. The van der Waals surface area contributed by atoms with Crippen molar-refractivity contribution in [3.63, 3.8) is 0 Å². The van der Waals surface area contributed by atoms with E-state index in [0.717, 1.165) is 38.8 Å². The second-order valence-electron chi connectivity index (χ2n) is 4.64. The molecule has 2 N–H and O–H groups in total. The fraction of sp³-hybridized carbons (Fsp3) is 0.750. The Hall–Kier alpha value is -0.870. The molecule has 16 heavy (non-hydrogen) atoms. The van der Waals surface area contributed by atoms with Gasteiger partial charge in [0.15, 0.2) is 0 Å². The molecule has 0 atom stereocenters. The molecule has 1 heterocycles. The fourth-order valence-electron chi connectivity index (χ4n) is 2.19. The maximum absolute atomic E-state index is 5.86. The van der Waals surface area contributed by atoms with E-state index in [4.69, 9.17) is 10.5 Å². The number of ether oxygens (including phenoxy) is 1. The molecule has 0 unspecified atom stereocenters. The van der Waals surface area contributed by atoms with Crippen molar-refractivity contribution < 1.29 is 4.74 Å². The average molecular weight is 223 g/mol. The van der Waals surface area contributed by atoms with E-state index in [0.29, 0.717) is 12.1 Å². The lowest BCUT2D eigenvalue weighted by molar-refractivity contribution is 0.0208. The van der Waals surface area contributed by atoms with Crippen molar-refractivity contribution in [3.8, 4) is 0 Å². The van der Waals surface area contributed by atoms with Crippen LogP contribution >= 0.6 is 0 Å². The molecule has 0 bridgehead atoms. The van der Waals surface area contributed by atoms with Crippen LogP contribution in [0.3, 0.4) is 0 Å². The minimum atomic E-state index is 0.399. The predicted molar refractivity (Wildman–Crippen MR) is 63.1 cm³/mol. The number of nitrogens with two attached hydrogens (primary N) is 1. The van der Waals surface area contributed by atoms with Gasteiger partial charge in [-0.15, -0.1) is 0 Å². The first-order valence-corrected chi connectivity index (χ1v) is 6.09. The third-order valence-electron chi connectivity index (χ3n) is 3.33. The molecule has 0 amide bonds. The number of nitrogens with zero attached hydrogens (tertiary/aromatic N) is 2. The first kappa shape index (κ1) is 11.6. The second kappa shape index (κ2) is 5.46. The van der Waals surface area contributed by atoms with Gasteiger partial charge in [0.25, 0.3) is 0 Å². The number of hydrogen-bond acceptors (Lipinski definition) is 3. The van der Waals surface area contributed by atoms with E-state index < -0.39 is 0 Å².